The van der Waals surface area contributed by atoms with E-state index in [2.05, 4.69) is 9.97 Å². The highest BCUT2D eigenvalue weighted by Gasteiger charge is 2.17. The Morgan fingerprint density at radius 1 is 1.33 bits per heavy atom. The molecule has 8 heteroatoms. The van der Waals surface area contributed by atoms with Crippen LogP contribution in [0.5, 0.6) is 0 Å². The Kier molecular flexibility index (Phi) is 3.06. The van der Waals surface area contributed by atoms with Gasteiger partial charge in [-0.1, -0.05) is 11.6 Å². The summed E-state index contributed by atoms with van der Waals surface area (Å²) in [6, 6.07) is 5.25. The van der Waals surface area contributed by atoms with Crippen molar-refractivity contribution in [3.05, 3.63) is 57.2 Å². The molecule has 0 radical (unpaired) electrons. The van der Waals surface area contributed by atoms with Crippen LogP contribution in [-0.4, -0.2) is 19.3 Å². The van der Waals surface area contributed by atoms with Gasteiger partial charge in [-0.2, -0.15) is 0 Å². The average molecular weight is 307 g/mol. The van der Waals surface area contributed by atoms with E-state index >= 15 is 0 Å². The second-order valence-corrected chi connectivity index (χ2v) is 4.80. The highest BCUT2D eigenvalue weighted by molar-refractivity contribution is 6.29. The summed E-state index contributed by atoms with van der Waals surface area (Å²) in [5.74, 6) is -0.447. The zero-order valence-corrected chi connectivity index (χ0v) is 11.5. The average Bonchev–Trinajstić information content (AvgIpc) is 2.73. The van der Waals surface area contributed by atoms with E-state index in [0.29, 0.717) is 17.0 Å². The maximum atomic E-state index is 13.4. The number of aryl methyl sites for hydroxylation is 1. The second kappa shape index (κ2) is 4.78. The van der Waals surface area contributed by atoms with Gasteiger partial charge < -0.3 is 0 Å². The standard InChI is InChI=1S/C13H8ClFN4O2/c1-7-13(18-6-8(15)2-3-12(18)16-7)10-4-9(19(20)21)5-11(14)17-10/h2-6H,1H3. The first-order valence-corrected chi connectivity index (χ1v) is 6.30. The normalized spacial score (nSPS) is 11.0. The van der Waals surface area contributed by atoms with Gasteiger partial charge in [-0.15, -0.1) is 0 Å². The van der Waals surface area contributed by atoms with E-state index < -0.39 is 10.7 Å². The molecule has 106 valence electrons. The molecule has 0 unspecified atom stereocenters. The van der Waals surface area contributed by atoms with Crippen LogP contribution in [-0.2, 0) is 0 Å². The lowest BCUT2D eigenvalue weighted by molar-refractivity contribution is -0.384. The van der Waals surface area contributed by atoms with E-state index in [1.807, 2.05) is 0 Å². The molecule has 3 heterocycles. The minimum Gasteiger partial charge on any atom is -0.295 e. The van der Waals surface area contributed by atoms with Crippen molar-refractivity contribution in [3.63, 3.8) is 0 Å². The number of nitro groups is 1. The summed E-state index contributed by atoms with van der Waals surface area (Å²) in [5, 5.41) is 10.9. The fraction of sp³-hybridized carbons (Fsp3) is 0.0769. The van der Waals surface area contributed by atoms with Crippen LogP contribution in [0.1, 0.15) is 5.69 Å². The zero-order valence-electron chi connectivity index (χ0n) is 10.7. The second-order valence-electron chi connectivity index (χ2n) is 4.41. The molecule has 0 aliphatic carbocycles. The smallest absolute Gasteiger partial charge is 0.274 e. The van der Waals surface area contributed by atoms with Crippen LogP contribution in [0, 0.1) is 22.9 Å². The van der Waals surface area contributed by atoms with Crippen LogP contribution >= 0.6 is 11.6 Å². The number of aromatic nitrogens is 3. The van der Waals surface area contributed by atoms with Crippen LogP contribution in [0.15, 0.2) is 30.5 Å². The van der Waals surface area contributed by atoms with E-state index in [9.17, 15) is 14.5 Å². The highest BCUT2D eigenvalue weighted by atomic mass is 35.5. The molecule has 3 aromatic heterocycles. The van der Waals surface area contributed by atoms with Crippen LogP contribution < -0.4 is 0 Å². The van der Waals surface area contributed by atoms with Gasteiger partial charge in [-0.3, -0.25) is 14.5 Å². The Labute approximate surface area is 123 Å². The number of nitrogens with zero attached hydrogens (tertiary/aromatic N) is 4. The Hall–Kier alpha value is -2.54. The largest absolute Gasteiger partial charge is 0.295 e. The predicted octanol–water partition coefficient (Wildman–Crippen LogP) is 3.41. The fourth-order valence-corrected chi connectivity index (χ4v) is 2.36. The molecule has 0 aromatic carbocycles. The molecule has 0 aliphatic rings. The van der Waals surface area contributed by atoms with Crippen molar-refractivity contribution in [2.75, 3.05) is 0 Å². The molecule has 0 N–H and O–H groups in total. The topological polar surface area (TPSA) is 73.3 Å². The van der Waals surface area contributed by atoms with Gasteiger partial charge in [0.2, 0.25) is 0 Å². The molecular formula is C13H8ClFN4O2. The van der Waals surface area contributed by atoms with Crippen molar-refractivity contribution in [2.24, 2.45) is 0 Å². The van der Waals surface area contributed by atoms with Gasteiger partial charge in [-0.25, -0.2) is 14.4 Å². The molecule has 3 aromatic rings. The minimum atomic E-state index is -0.559. The van der Waals surface area contributed by atoms with Crippen molar-refractivity contribution in [3.8, 4) is 11.4 Å². The number of imidazole rings is 1. The van der Waals surface area contributed by atoms with Crippen LogP contribution in [0.4, 0.5) is 10.1 Å². The van der Waals surface area contributed by atoms with Gasteiger partial charge in [0.25, 0.3) is 5.69 Å². The molecule has 0 atom stereocenters. The van der Waals surface area contributed by atoms with E-state index in [0.717, 1.165) is 6.07 Å². The summed E-state index contributed by atoms with van der Waals surface area (Å²) < 4.78 is 14.9. The first-order valence-electron chi connectivity index (χ1n) is 5.92. The van der Waals surface area contributed by atoms with E-state index in [4.69, 9.17) is 11.6 Å². The molecule has 21 heavy (non-hydrogen) atoms. The van der Waals surface area contributed by atoms with Crippen molar-refractivity contribution >= 4 is 22.9 Å². The van der Waals surface area contributed by atoms with Gasteiger partial charge >= 0.3 is 0 Å². The minimum absolute atomic E-state index is 0.00930. The summed E-state index contributed by atoms with van der Waals surface area (Å²) in [6.07, 6.45) is 1.25. The molecule has 0 amide bonds. The molecule has 0 spiro atoms. The Morgan fingerprint density at radius 3 is 2.81 bits per heavy atom. The molecular weight excluding hydrogens is 299 g/mol. The summed E-state index contributed by atoms with van der Waals surface area (Å²) in [4.78, 5) is 18.7. The third kappa shape index (κ3) is 2.31. The third-order valence-electron chi connectivity index (χ3n) is 2.99. The first-order chi connectivity index (χ1) is 9.95. The Balaban J connectivity index is 2.32. The summed E-state index contributed by atoms with van der Waals surface area (Å²) in [7, 11) is 0. The lowest BCUT2D eigenvalue weighted by Gasteiger charge is -2.03. The molecule has 6 nitrogen and oxygen atoms in total. The molecule has 3 rings (SSSR count). The monoisotopic (exact) mass is 306 g/mol. The van der Waals surface area contributed by atoms with Crippen LogP contribution in [0.25, 0.3) is 17.0 Å². The van der Waals surface area contributed by atoms with Gasteiger partial charge in [0.1, 0.15) is 16.6 Å². The van der Waals surface area contributed by atoms with Gasteiger partial charge in [-0.05, 0) is 19.1 Å². The molecule has 0 fully saturated rings. The Morgan fingerprint density at radius 2 is 2.10 bits per heavy atom. The fourth-order valence-electron chi connectivity index (χ4n) is 2.16. The predicted molar refractivity (Wildman–Crippen MR) is 74.8 cm³/mol. The summed E-state index contributed by atoms with van der Waals surface area (Å²) in [5.41, 5.74) is 1.65. The van der Waals surface area contributed by atoms with E-state index in [1.54, 1.807) is 6.92 Å². The third-order valence-corrected chi connectivity index (χ3v) is 3.18. The summed E-state index contributed by atoms with van der Waals surface area (Å²) >= 11 is 5.83. The van der Waals surface area contributed by atoms with Gasteiger partial charge in [0, 0.05) is 12.3 Å². The lowest BCUT2D eigenvalue weighted by Crippen LogP contribution is -1.96. The van der Waals surface area contributed by atoms with E-state index in [1.165, 1.54) is 28.8 Å². The number of pyridine rings is 2. The number of rotatable bonds is 2. The highest BCUT2D eigenvalue weighted by Crippen LogP contribution is 2.28. The Bertz CT molecular complexity index is 878. The van der Waals surface area contributed by atoms with Gasteiger partial charge in [0.15, 0.2) is 0 Å². The quantitative estimate of drug-likeness (QED) is 0.413. The summed E-state index contributed by atoms with van der Waals surface area (Å²) in [6.45, 7) is 1.72. The number of halogens is 2. The molecule has 0 saturated heterocycles. The van der Waals surface area contributed by atoms with Crippen LogP contribution in [0.2, 0.25) is 5.15 Å². The SMILES string of the molecule is Cc1nc2ccc(F)cn2c1-c1cc([N+](=O)[O-])cc(Cl)n1. The molecule has 0 bridgehead atoms. The maximum Gasteiger partial charge on any atom is 0.274 e. The number of fused-ring (bicyclic) bond motifs is 1. The lowest BCUT2D eigenvalue weighted by atomic mass is 10.2. The molecule has 0 aliphatic heterocycles. The molecule has 0 saturated carbocycles. The van der Waals surface area contributed by atoms with Crippen molar-refractivity contribution in [1.82, 2.24) is 14.4 Å². The number of hydrogen-bond acceptors (Lipinski definition) is 4. The van der Waals surface area contributed by atoms with Gasteiger partial charge in [0.05, 0.1) is 28.1 Å². The zero-order chi connectivity index (χ0) is 15.1. The van der Waals surface area contributed by atoms with Crippen molar-refractivity contribution in [1.29, 1.82) is 0 Å². The maximum absolute atomic E-state index is 13.4. The van der Waals surface area contributed by atoms with Crippen LogP contribution in [0.3, 0.4) is 0 Å². The van der Waals surface area contributed by atoms with E-state index in [-0.39, 0.29) is 16.5 Å². The first kappa shape index (κ1) is 13.4. The van der Waals surface area contributed by atoms with Crippen molar-refractivity contribution < 1.29 is 9.31 Å². The number of hydrogen-bond donors (Lipinski definition) is 0. The van der Waals surface area contributed by atoms with Crippen molar-refractivity contribution in [2.45, 2.75) is 6.92 Å².